The van der Waals surface area contributed by atoms with Gasteiger partial charge in [-0.1, -0.05) is 36.9 Å². The molecule has 0 spiro atoms. The van der Waals surface area contributed by atoms with Crippen molar-refractivity contribution in [2.75, 3.05) is 5.32 Å². The molecular formula is C15H18ClN3O3. The second-order valence-electron chi connectivity index (χ2n) is 5.28. The molecular weight excluding hydrogens is 306 g/mol. The van der Waals surface area contributed by atoms with E-state index in [1.54, 1.807) is 6.20 Å². The van der Waals surface area contributed by atoms with Crippen LogP contribution in [0.3, 0.4) is 0 Å². The Labute approximate surface area is 133 Å². The maximum atomic E-state index is 11.8. The number of benzene rings is 1. The number of nitrogens with zero attached hydrogens (tertiary/aromatic N) is 1. The fourth-order valence-corrected chi connectivity index (χ4v) is 2.63. The molecule has 2 rings (SSSR count). The summed E-state index contributed by atoms with van der Waals surface area (Å²) in [6.07, 6.45) is 9.65. The molecule has 6 nitrogen and oxygen atoms in total. The predicted octanol–water partition coefficient (Wildman–Crippen LogP) is 4.46. The van der Waals surface area contributed by atoms with Gasteiger partial charge >= 0.3 is 6.03 Å². The summed E-state index contributed by atoms with van der Waals surface area (Å²) in [6, 6.07) is 3.42. The normalized spacial score (nSPS) is 15.7. The molecule has 1 aliphatic rings. The van der Waals surface area contributed by atoms with Crippen LogP contribution in [0.1, 0.15) is 32.1 Å². The van der Waals surface area contributed by atoms with Gasteiger partial charge in [-0.05, 0) is 24.8 Å². The van der Waals surface area contributed by atoms with Crippen molar-refractivity contribution in [1.29, 1.82) is 0 Å². The summed E-state index contributed by atoms with van der Waals surface area (Å²) in [6.45, 7) is 0. The lowest BCUT2D eigenvalue weighted by molar-refractivity contribution is -0.384. The molecule has 1 saturated carbocycles. The summed E-state index contributed by atoms with van der Waals surface area (Å²) < 4.78 is 0. The Kier molecular flexibility index (Phi) is 5.77. The van der Waals surface area contributed by atoms with Gasteiger partial charge in [-0.2, -0.15) is 0 Å². The smallest absolute Gasteiger partial charge is 0.315 e. The molecule has 1 aromatic rings. The number of anilines is 1. The van der Waals surface area contributed by atoms with Crippen LogP contribution in [0, 0.1) is 16.0 Å². The molecule has 7 heteroatoms. The van der Waals surface area contributed by atoms with E-state index in [-0.39, 0.29) is 16.4 Å². The Balaban J connectivity index is 1.90. The SMILES string of the molecule is O=C(N/C=C/C1CCCCC1)Nc1cc([N+](=O)[O-])ccc1Cl. The molecule has 118 valence electrons. The lowest BCUT2D eigenvalue weighted by Crippen LogP contribution is -2.24. The van der Waals surface area contributed by atoms with Crippen molar-refractivity contribution in [3.63, 3.8) is 0 Å². The summed E-state index contributed by atoms with van der Waals surface area (Å²) in [5, 5.41) is 16.1. The fraction of sp³-hybridized carbons (Fsp3) is 0.400. The van der Waals surface area contributed by atoms with E-state index in [2.05, 4.69) is 10.6 Å². The Morgan fingerprint density at radius 1 is 1.32 bits per heavy atom. The van der Waals surface area contributed by atoms with E-state index in [0.29, 0.717) is 5.92 Å². The largest absolute Gasteiger partial charge is 0.323 e. The highest BCUT2D eigenvalue weighted by Gasteiger charge is 2.12. The molecule has 0 radical (unpaired) electrons. The first-order chi connectivity index (χ1) is 10.6. The van der Waals surface area contributed by atoms with Gasteiger partial charge in [0.05, 0.1) is 15.6 Å². The first-order valence-corrected chi connectivity index (χ1v) is 7.62. The van der Waals surface area contributed by atoms with Gasteiger partial charge in [0.15, 0.2) is 0 Å². The monoisotopic (exact) mass is 323 g/mol. The van der Waals surface area contributed by atoms with Crippen molar-refractivity contribution >= 4 is 29.0 Å². The van der Waals surface area contributed by atoms with Crippen molar-refractivity contribution in [2.24, 2.45) is 5.92 Å². The van der Waals surface area contributed by atoms with Gasteiger partial charge in [0.25, 0.3) is 5.69 Å². The molecule has 0 heterocycles. The molecule has 1 aromatic carbocycles. The summed E-state index contributed by atoms with van der Waals surface area (Å²) >= 11 is 5.92. The van der Waals surface area contributed by atoms with Gasteiger partial charge in [-0.15, -0.1) is 0 Å². The van der Waals surface area contributed by atoms with E-state index in [0.717, 1.165) is 12.8 Å². The maximum absolute atomic E-state index is 11.8. The predicted molar refractivity (Wildman–Crippen MR) is 86.0 cm³/mol. The number of halogens is 1. The third-order valence-corrected chi connectivity index (χ3v) is 3.97. The maximum Gasteiger partial charge on any atom is 0.323 e. The molecule has 2 N–H and O–H groups in total. The lowest BCUT2D eigenvalue weighted by Gasteiger charge is -2.17. The van der Waals surface area contributed by atoms with E-state index >= 15 is 0 Å². The average molecular weight is 324 g/mol. The summed E-state index contributed by atoms with van der Waals surface area (Å²) in [5.74, 6) is 0.510. The topological polar surface area (TPSA) is 84.3 Å². The lowest BCUT2D eigenvalue weighted by atomic mass is 9.89. The van der Waals surface area contributed by atoms with Crippen LogP contribution in [0.4, 0.5) is 16.2 Å². The highest BCUT2D eigenvalue weighted by atomic mass is 35.5. The van der Waals surface area contributed by atoms with Crippen LogP contribution in [0.5, 0.6) is 0 Å². The van der Waals surface area contributed by atoms with Crippen LogP contribution < -0.4 is 10.6 Å². The van der Waals surface area contributed by atoms with Crippen LogP contribution >= 0.6 is 11.6 Å². The number of hydrogen-bond acceptors (Lipinski definition) is 3. The van der Waals surface area contributed by atoms with Crippen LogP contribution in [-0.2, 0) is 0 Å². The molecule has 0 unspecified atom stereocenters. The number of urea groups is 1. The number of non-ortho nitro benzene ring substituents is 1. The zero-order valence-corrected chi connectivity index (χ0v) is 12.8. The van der Waals surface area contributed by atoms with E-state index in [4.69, 9.17) is 11.6 Å². The van der Waals surface area contributed by atoms with Crippen molar-refractivity contribution in [3.8, 4) is 0 Å². The summed E-state index contributed by atoms with van der Waals surface area (Å²) in [7, 11) is 0. The van der Waals surface area contributed by atoms with Crippen LogP contribution in [0.15, 0.2) is 30.5 Å². The number of nitro groups is 1. The number of hydrogen-bond donors (Lipinski definition) is 2. The summed E-state index contributed by atoms with van der Waals surface area (Å²) in [4.78, 5) is 22.0. The van der Waals surface area contributed by atoms with Crippen LogP contribution in [0.25, 0.3) is 0 Å². The van der Waals surface area contributed by atoms with Gasteiger partial charge in [0.2, 0.25) is 0 Å². The molecule has 0 bridgehead atoms. The number of carbonyl (C=O) groups is 1. The standard InChI is InChI=1S/C15H18ClN3O3/c16-13-7-6-12(19(21)22)10-14(13)18-15(20)17-9-8-11-4-2-1-3-5-11/h6-11H,1-5H2,(H2,17,18,20)/b9-8+. The fourth-order valence-electron chi connectivity index (χ4n) is 2.47. The second kappa shape index (κ2) is 7.79. The number of nitro benzene ring substituents is 1. The van der Waals surface area contributed by atoms with E-state index < -0.39 is 11.0 Å². The van der Waals surface area contributed by atoms with Gasteiger partial charge < -0.3 is 10.6 Å². The van der Waals surface area contributed by atoms with Gasteiger partial charge in [0.1, 0.15) is 0 Å². The van der Waals surface area contributed by atoms with Gasteiger partial charge in [0, 0.05) is 18.3 Å². The highest BCUT2D eigenvalue weighted by Crippen LogP contribution is 2.26. The number of rotatable bonds is 4. The molecule has 0 aromatic heterocycles. The minimum atomic E-state index is -0.539. The van der Waals surface area contributed by atoms with E-state index in [9.17, 15) is 14.9 Å². The minimum absolute atomic E-state index is 0.127. The zero-order valence-electron chi connectivity index (χ0n) is 12.0. The van der Waals surface area contributed by atoms with Crippen molar-refractivity contribution < 1.29 is 9.72 Å². The number of nitrogens with one attached hydrogen (secondary N) is 2. The van der Waals surface area contributed by atoms with E-state index in [1.165, 1.54) is 37.5 Å². The van der Waals surface area contributed by atoms with E-state index in [1.807, 2.05) is 6.08 Å². The molecule has 22 heavy (non-hydrogen) atoms. The third kappa shape index (κ3) is 4.73. The van der Waals surface area contributed by atoms with Crippen molar-refractivity contribution in [2.45, 2.75) is 32.1 Å². The number of carbonyl (C=O) groups excluding carboxylic acids is 1. The molecule has 0 saturated heterocycles. The van der Waals surface area contributed by atoms with Crippen molar-refractivity contribution in [3.05, 3.63) is 45.6 Å². The zero-order chi connectivity index (χ0) is 15.9. The van der Waals surface area contributed by atoms with Gasteiger partial charge in [-0.3, -0.25) is 10.1 Å². The quantitative estimate of drug-likeness (QED) is 0.633. The molecule has 2 amide bonds. The third-order valence-electron chi connectivity index (χ3n) is 3.64. The van der Waals surface area contributed by atoms with Gasteiger partial charge in [-0.25, -0.2) is 4.79 Å². The van der Waals surface area contributed by atoms with Crippen molar-refractivity contribution in [1.82, 2.24) is 5.32 Å². The number of allylic oxidation sites excluding steroid dienone is 1. The Morgan fingerprint density at radius 2 is 2.05 bits per heavy atom. The van der Waals surface area contributed by atoms with Crippen LogP contribution in [-0.4, -0.2) is 11.0 Å². The Morgan fingerprint density at radius 3 is 2.73 bits per heavy atom. The Bertz CT molecular complexity index is 583. The molecule has 1 aliphatic carbocycles. The first-order valence-electron chi connectivity index (χ1n) is 7.24. The highest BCUT2D eigenvalue weighted by molar-refractivity contribution is 6.33. The molecule has 0 atom stereocenters. The Hall–Kier alpha value is -2.08. The first kappa shape index (κ1) is 16.3. The second-order valence-corrected chi connectivity index (χ2v) is 5.68. The van der Waals surface area contributed by atoms with Crippen LogP contribution in [0.2, 0.25) is 5.02 Å². The number of amides is 2. The molecule has 0 aliphatic heterocycles. The minimum Gasteiger partial charge on any atom is -0.315 e. The average Bonchev–Trinajstić information content (AvgIpc) is 2.50. The molecule has 1 fully saturated rings. The summed E-state index contributed by atoms with van der Waals surface area (Å²) in [5.41, 5.74) is 0.0804.